The molecule has 4 aliphatic rings. The summed E-state index contributed by atoms with van der Waals surface area (Å²) in [6.07, 6.45) is 8.23. The normalized spacial score (nSPS) is 45.9. The van der Waals surface area contributed by atoms with Crippen LogP contribution in [-0.2, 0) is 9.53 Å². The number of nitrogens with one attached hydrogen (secondary N) is 1. The molecule has 1 aliphatic heterocycles. The second kappa shape index (κ2) is 4.58. The van der Waals surface area contributed by atoms with Crippen LogP contribution in [0.2, 0.25) is 0 Å². The van der Waals surface area contributed by atoms with Crippen LogP contribution in [0.5, 0.6) is 0 Å². The van der Waals surface area contributed by atoms with Crippen LogP contribution < -0.4 is 5.43 Å². The molecule has 0 spiro atoms. The van der Waals surface area contributed by atoms with Crippen molar-refractivity contribution in [2.24, 2.45) is 28.8 Å². The Balaban J connectivity index is 1.40. The van der Waals surface area contributed by atoms with E-state index in [1.54, 1.807) is 0 Å². The summed E-state index contributed by atoms with van der Waals surface area (Å²) in [5.74, 6) is 3.32. The molecule has 0 aromatic rings. The highest BCUT2D eigenvalue weighted by molar-refractivity contribution is 5.92. The molecular formula is C15H22N2O2. The topological polar surface area (TPSA) is 50.7 Å². The van der Waals surface area contributed by atoms with Gasteiger partial charge in [-0.05, 0) is 56.3 Å². The second-order valence-corrected chi connectivity index (χ2v) is 6.65. The molecule has 2 bridgehead atoms. The number of hydrazone groups is 1. The molecule has 104 valence electrons. The molecule has 5 atom stereocenters. The van der Waals surface area contributed by atoms with Gasteiger partial charge in [0, 0.05) is 18.2 Å². The van der Waals surface area contributed by atoms with Gasteiger partial charge in [0.05, 0.1) is 0 Å². The van der Waals surface area contributed by atoms with E-state index in [-0.39, 0.29) is 12.0 Å². The van der Waals surface area contributed by atoms with E-state index in [9.17, 15) is 4.79 Å². The molecule has 1 heterocycles. The Hall–Kier alpha value is -0.900. The van der Waals surface area contributed by atoms with Gasteiger partial charge in [-0.25, -0.2) is 5.43 Å². The van der Waals surface area contributed by atoms with Crippen molar-refractivity contribution in [2.45, 2.75) is 51.0 Å². The second-order valence-electron chi connectivity index (χ2n) is 6.65. The van der Waals surface area contributed by atoms with Crippen molar-refractivity contribution >= 4 is 11.6 Å². The fraction of sp³-hybridized carbons (Fsp3) is 0.867. The third kappa shape index (κ3) is 1.92. The fourth-order valence-electron chi connectivity index (χ4n) is 4.93. The van der Waals surface area contributed by atoms with Crippen molar-refractivity contribution in [3.05, 3.63) is 0 Å². The standard InChI is InChI=1S/C15H22N2O2/c18-15(14-5-2-6-19-14)17-16-13-8-9-7-12(13)11-4-1-3-10(9)11/h9-12,14H,1-8H2,(H,17,18)/t9-,10+,11-,12+,14-/m1/s1. The largest absolute Gasteiger partial charge is 0.368 e. The maximum atomic E-state index is 11.9. The quantitative estimate of drug-likeness (QED) is 0.775. The minimum atomic E-state index is -0.262. The Morgan fingerprint density at radius 3 is 2.95 bits per heavy atom. The lowest BCUT2D eigenvalue weighted by atomic mass is 9.81. The molecule has 1 saturated heterocycles. The molecule has 3 saturated carbocycles. The minimum absolute atomic E-state index is 0.0456. The lowest BCUT2D eigenvalue weighted by molar-refractivity contribution is -0.130. The van der Waals surface area contributed by atoms with E-state index in [1.807, 2.05) is 0 Å². The molecule has 4 heteroatoms. The van der Waals surface area contributed by atoms with Crippen molar-refractivity contribution in [2.75, 3.05) is 6.61 Å². The predicted molar refractivity (Wildman–Crippen MR) is 71.6 cm³/mol. The summed E-state index contributed by atoms with van der Waals surface area (Å²) >= 11 is 0. The molecule has 3 aliphatic carbocycles. The van der Waals surface area contributed by atoms with E-state index in [4.69, 9.17) is 4.74 Å². The molecule has 1 amide bonds. The van der Waals surface area contributed by atoms with Crippen LogP contribution in [0.4, 0.5) is 0 Å². The van der Waals surface area contributed by atoms with Gasteiger partial charge in [-0.15, -0.1) is 0 Å². The first-order valence-corrected chi connectivity index (χ1v) is 7.81. The van der Waals surface area contributed by atoms with Crippen LogP contribution in [0, 0.1) is 23.7 Å². The molecule has 0 aromatic heterocycles. The SMILES string of the molecule is O=C(NN=C1C[C@H]2C[C@H]1[C@@H]1CCC[C@@H]21)[C@H]1CCCO1. The lowest BCUT2D eigenvalue weighted by Crippen LogP contribution is -2.33. The van der Waals surface area contributed by atoms with Crippen molar-refractivity contribution < 1.29 is 9.53 Å². The van der Waals surface area contributed by atoms with E-state index >= 15 is 0 Å². The van der Waals surface area contributed by atoms with Crippen LogP contribution in [0.15, 0.2) is 5.10 Å². The van der Waals surface area contributed by atoms with Gasteiger partial charge >= 0.3 is 0 Å². The van der Waals surface area contributed by atoms with Gasteiger partial charge in [-0.1, -0.05) is 6.42 Å². The van der Waals surface area contributed by atoms with Crippen molar-refractivity contribution in [3.63, 3.8) is 0 Å². The highest BCUT2D eigenvalue weighted by Crippen LogP contribution is 2.57. The molecule has 1 N–H and O–H groups in total. The average molecular weight is 262 g/mol. The monoisotopic (exact) mass is 262 g/mol. The smallest absolute Gasteiger partial charge is 0.269 e. The third-order valence-corrected chi connectivity index (χ3v) is 5.74. The zero-order chi connectivity index (χ0) is 12.8. The minimum Gasteiger partial charge on any atom is -0.368 e. The van der Waals surface area contributed by atoms with E-state index in [1.165, 1.54) is 31.4 Å². The number of ether oxygens (including phenoxy) is 1. The fourth-order valence-corrected chi connectivity index (χ4v) is 4.93. The Kier molecular flexibility index (Phi) is 2.87. The molecule has 0 aromatic carbocycles. The summed E-state index contributed by atoms with van der Waals surface area (Å²) < 4.78 is 5.38. The third-order valence-electron chi connectivity index (χ3n) is 5.74. The van der Waals surface area contributed by atoms with Crippen molar-refractivity contribution in [3.8, 4) is 0 Å². The molecular weight excluding hydrogens is 240 g/mol. The summed E-state index contributed by atoms with van der Waals surface area (Å²) in [7, 11) is 0. The van der Waals surface area contributed by atoms with Gasteiger partial charge in [0.25, 0.3) is 5.91 Å². The number of hydrogen-bond donors (Lipinski definition) is 1. The number of carbonyl (C=O) groups excluding carboxylic acids is 1. The number of hydrogen-bond acceptors (Lipinski definition) is 3. The van der Waals surface area contributed by atoms with Crippen LogP contribution in [0.3, 0.4) is 0 Å². The Morgan fingerprint density at radius 1 is 1.21 bits per heavy atom. The van der Waals surface area contributed by atoms with E-state index in [2.05, 4.69) is 10.5 Å². The summed E-state index contributed by atoms with van der Waals surface area (Å²) in [6, 6.07) is 0. The first-order valence-electron chi connectivity index (χ1n) is 7.81. The molecule has 4 fully saturated rings. The average Bonchev–Trinajstić information content (AvgIpc) is 3.15. The van der Waals surface area contributed by atoms with Crippen molar-refractivity contribution in [1.29, 1.82) is 0 Å². The zero-order valence-corrected chi connectivity index (χ0v) is 11.3. The molecule has 4 rings (SSSR count). The summed E-state index contributed by atoms with van der Waals surface area (Å²) in [5.41, 5.74) is 4.02. The zero-order valence-electron chi connectivity index (χ0n) is 11.3. The molecule has 4 nitrogen and oxygen atoms in total. The molecule has 19 heavy (non-hydrogen) atoms. The number of amides is 1. The van der Waals surface area contributed by atoms with E-state index in [0.29, 0.717) is 12.5 Å². The Bertz CT molecular complexity index is 414. The number of rotatable bonds is 2. The Labute approximate surface area is 114 Å². The molecule has 0 unspecified atom stereocenters. The van der Waals surface area contributed by atoms with Crippen LogP contribution in [0.1, 0.15) is 44.9 Å². The van der Waals surface area contributed by atoms with Crippen LogP contribution >= 0.6 is 0 Å². The first kappa shape index (κ1) is 11.9. The highest BCUT2D eigenvalue weighted by atomic mass is 16.5. The van der Waals surface area contributed by atoms with Crippen molar-refractivity contribution in [1.82, 2.24) is 5.43 Å². The lowest BCUT2D eigenvalue weighted by Gasteiger charge is -2.25. The number of fused-ring (bicyclic) bond motifs is 5. The maximum Gasteiger partial charge on any atom is 0.269 e. The van der Waals surface area contributed by atoms with Gasteiger partial charge in [0.1, 0.15) is 6.10 Å². The predicted octanol–water partition coefficient (Wildman–Crippen LogP) is 2.09. The highest BCUT2D eigenvalue weighted by Gasteiger charge is 2.52. The first-order chi connectivity index (χ1) is 9.33. The van der Waals surface area contributed by atoms with Gasteiger partial charge in [-0.2, -0.15) is 5.10 Å². The van der Waals surface area contributed by atoms with Crippen LogP contribution in [-0.4, -0.2) is 24.3 Å². The van der Waals surface area contributed by atoms with E-state index in [0.717, 1.165) is 37.0 Å². The summed E-state index contributed by atoms with van der Waals surface area (Å²) in [6.45, 7) is 0.711. The van der Waals surface area contributed by atoms with Gasteiger partial charge in [-0.3, -0.25) is 4.79 Å². The Morgan fingerprint density at radius 2 is 2.11 bits per heavy atom. The van der Waals surface area contributed by atoms with E-state index < -0.39 is 0 Å². The van der Waals surface area contributed by atoms with Crippen LogP contribution in [0.25, 0.3) is 0 Å². The van der Waals surface area contributed by atoms with Gasteiger partial charge < -0.3 is 4.74 Å². The summed E-state index contributed by atoms with van der Waals surface area (Å²) in [4.78, 5) is 11.9. The number of carbonyl (C=O) groups is 1. The maximum absolute atomic E-state index is 11.9. The molecule has 0 radical (unpaired) electrons. The van der Waals surface area contributed by atoms with Gasteiger partial charge in [0.2, 0.25) is 0 Å². The van der Waals surface area contributed by atoms with Gasteiger partial charge in [0.15, 0.2) is 0 Å². The summed E-state index contributed by atoms with van der Waals surface area (Å²) in [5, 5.41) is 4.45. The number of nitrogens with zero attached hydrogens (tertiary/aromatic N) is 1.